The monoisotopic (exact) mass is 355 g/mol. The summed E-state index contributed by atoms with van der Waals surface area (Å²) in [7, 11) is 0. The average molecular weight is 355 g/mol. The van der Waals surface area contributed by atoms with Gasteiger partial charge in [0.25, 0.3) is 0 Å². The van der Waals surface area contributed by atoms with Crippen LogP contribution in [0, 0.1) is 5.92 Å². The third-order valence-electron chi connectivity index (χ3n) is 4.07. The Hall–Kier alpha value is -2.69. The fourth-order valence-corrected chi connectivity index (χ4v) is 2.61. The first-order valence-electron chi connectivity index (χ1n) is 8.97. The number of benzene rings is 2. The number of hydrogen-bond acceptors (Lipinski definition) is 4. The van der Waals surface area contributed by atoms with Crippen molar-refractivity contribution in [1.29, 1.82) is 0 Å². The van der Waals surface area contributed by atoms with Gasteiger partial charge in [-0.3, -0.25) is 4.79 Å². The van der Waals surface area contributed by atoms with Crippen LogP contribution >= 0.6 is 0 Å². The molecule has 26 heavy (non-hydrogen) atoms. The third kappa shape index (κ3) is 5.15. The van der Waals surface area contributed by atoms with Crippen molar-refractivity contribution in [2.24, 2.45) is 5.92 Å². The van der Waals surface area contributed by atoms with E-state index in [1.54, 1.807) is 0 Å². The van der Waals surface area contributed by atoms with Gasteiger partial charge in [0.05, 0.1) is 6.61 Å². The maximum absolute atomic E-state index is 12.1. The van der Waals surface area contributed by atoms with Crippen molar-refractivity contribution in [1.82, 2.24) is 5.32 Å². The van der Waals surface area contributed by atoms with Crippen molar-refractivity contribution in [2.45, 2.75) is 33.2 Å². The lowest BCUT2D eigenvalue weighted by molar-refractivity contribution is -0.121. The molecule has 0 saturated carbocycles. The summed E-state index contributed by atoms with van der Waals surface area (Å²) in [5.74, 6) is 2.90. The van der Waals surface area contributed by atoms with Crippen molar-refractivity contribution in [3.63, 3.8) is 0 Å². The largest absolute Gasteiger partial charge is 0.493 e. The molecule has 0 aliphatic carbocycles. The summed E-state index contributed by atoms with van der Waals surface area (Å²) in [6.07, 6.45) is 1.11. The highest BCUT2D eigenvalue weighted by Crippen LogP contribution is 2.32. The highest BCUT2D eigenvalue weighted by Gasteiger charge is 2.13. The van der Waals surface area contributed by atoms with E-state index in [1.807, 2.05) is 42.5 Å². The summed E-state index contributed by atoms with van der Waals surface area (Å²) in [4.78, 5) is 12.1. The number of hydrogen-bond donors (Lipinski definition) is 1. The Bertz CT molecular complexity index is 740. The molecule has 1 heterocycles. The van der Waals surface area contributed by atoms with Crippen LogP contribution in [0.3, 0.4) is 0 Å². The van der Waals surface area contributed by atoms with Crippen LogP contribution in [0.5, 0.6) is 17.2 Å². The molecular weight excluding hydrogens is 330 g/mol. The van der Waals surface area contributed by atoms with Crippen LogP contribution in [0.25, 0.3) is 0 Å². The van der Waals surface area contributed by atoms with E-state index >= 15 is 0 Å². The quantitative estimate of drug-likeness (QED) is 0.784. The maximum Gasteiger partial charge on any atom is 0.231 e. The van der Waals surface area contributed by atoms with Crippen molar-refractivity contribution in [3.8, 4) is 17.2 Å². The molecule has 0 radical (unpaired) electrons. The van der Waals surface area contributed by atoms with Crippen molar-refractivity contribution >= 4 is 5.91 Å². The normalized spacial score (nSPS) is 12.3. The molecule has 0 saturated heterocycles. The third-order valence-corrected chi connectivity index (χ3v) is 4.07. The lowest BCUT2D eigenvalue weighted by atomic mass is 10.1. The van der Waals surface area contributed by atoms with Crippen LogP contribution in [0.15, 0.2) is 42.5 Å². The molecule has 1 N–H and O–H groups in total. The lowest BCUT2D eigenvalue weighted by Crippen LogP contribution is -2.22. The maximum atomic E-state index is 12.1. The molecular formula is C21H25NO4. The summed E-state index contributed by atoms with van der Waals surface area (Å²) in [5, 5.41) is 2.96. The lowest BCUT2D eigenvalue weighted by Gasteiger charge is -2.10. The number of nitrogens with one attached hydrogen (secondary N) is 1. The molecule has 0 bridgehead atoms. The molecule has 0 atom stereocenters. The van der Waals surface area contributed by atoms with Gasteiger partial charge in [-0.15, -0.1) is 0 Å². The molecule has 0 fully saturated rings. The van der Waals surface area contributed by atoms with Crippen LogP contribution in [-0.2, 0) is 17.8 Å². The molecule has 2 aromatic carbocycles. The molecule has 3 rings (SSSR count). The van der Waals surface area contributed by atoms with E-state index in [0.29, 0.717) is 31.9 Å². The zero-order valence-corrected chi connectivity index (χ0v) is 15.3. The Balaban J connectivity index is 1.41. The highest BCUT2D eigenvalue weighted by molar-refractivity contribution is 5.76. The Morgan fingerprint density at radius 1 is 1.08 bits per heavy atom. The van der Waals surface area contributed by atoms with Crippen molar-refractivity contribution < 1.29 is 19.0 Å². The van der Waals surface area contributed by atoms with Gasteiger partial charge in [0, 0.05) is 13.0 Å². The predicted molar refractivity (Wildman–Crippen MR) is 99.5 cm³/mol. The highest BCUT2D eigenvalue weighted by atomic mass is 16.7. The summed E-state index contributed by atoms with van der Waals surface area (Å²) >= 11 is 0. The summed E-state index contributed by atoms with van der Waals surface area (Å²) in [6, 6.07) is 13.6. The zero-order chi connectivity index (χ0) is 18.4. The van der Waals surface area contributed by atoms with Crippen LogP contribution in [-0.4, -0.2) is 19.3 Å². The first kappa shape index (κ1) is 18.1. The van der Waals surface area contributed by atoms with E-state index in [0.717, 1.165) is 28.4 Å². The Labute approximate surface area is 154 Å². The molecule has 138 valence electrons. The van der Waals surface area contributed by atoms with Gasteiger partial charge < -0.3 is 19.5 Å². The minimum absolute atomic E-state index is 0.0304. The smallest absolute Gasteiger partial charge is 0.231 e. The molecule has 1 aliphatic rings. The van der Waals surface area contributed by atoms with Crippen LogP contribution in [0.4, 0.5) is 0 Å². The number of carbonyl (C=O) groups excluding carboxylic acids is 1. The van der Waals surface area contributed by atoms with Gasteiger partial charge in [-0.1, -0.05) is 32.0 Å². The minimum atomic E-state index is 0.0304. The van der Waals surface area contributed by atoms with Gasteiger partial charge >= 0.3 is 0 Å². The SMILES string of the molecule is CC(C)COc1ccc(CNC(=O)CCc2ccc3c(c2)OCO3)cc1. The van der Waals surface area contributed by atoms with E-state index in [-0.39, 0.29) is 12.7 Å². The van der Waals surface area contributed by atoms with Crippen LogP contribution in [0.1, 0.15) is 31.4 Å². The first-order chi connectivity index (χ1) is 12.6. The number of carbonyl (C=O) groups is 1. The van der Waals surface area contributed by atoms with E-state index in [9.17, 15) is 4.79 Å². The van der Waals surface area contributed by atoms with E-state index in [4.69, 9.17) is 14.2 Å². The van der Waals surface area contributed by atoms with Crippen LogP contribution in [0.2, 0.25) is 0 Å². The molecule has 2 aromatic rings. The molecule has 5 heteroatoms. The van der Waals surface area contributed by atoms with Gasteiger partial charge in [-0.25, -0.2) is 0 Å². The Morgan fingerprint density at radius 2 is 1.81 bits per heavy atom. The predicted octanol–water partition coefficient (Wildman–Crippen LogP) is 3.70. The molecule has 0 unspecified atom stereocenters. The summed E-state index contributed by atoms with van der Waals surface area (Å²) in [5.41, 5.74) is 2.12. The van der Waals surface area contributed by atoms with Crippen LogP contribution < -0.4 is 19.5 Å². The number of amides is 1. The molecule has 5 nitrogen and oxygen atoms in total. The van der Waals surface area contributed by atoms with E-state index in [2.05, 4.69) is 19.2 Å². The summed E-state index contributed by atoms with van der Waals surface area (Å²) in [6.45, 7) is 5.72. The van der Waals surface area contributed by atoms with E-state index < -0.39 is 0 Å². The minimum Gasteiger partial charge on any atom is -0.493 e. The van der Waals surface area contributed by atoms with Gasteiger partial charge in [0.2, 0.25) is 12.7 Å². The average Bonchev–Trinajstić information content (AvgIpc) is 3.11. The van der Waals surface area contributed by atoms with Gasteiger partial charge in [-0.2, -0.15) is 0 Å². The molecule has 1 amide bonds. The molecule has 0 spiro atoms. The zero-order valence-electron chi connectivity index (χ0n) is 15.3. The van der Waals surface area contributed by atoms with E-state index in [1.165, 1.54) is 0 Å². The molecule has 0 aromatic heterocycles. The number of fused-ring (bicyclic) bond motifs is 1. The fraction of sp³-hybridized carbons (Fsp3) is 0.381. The van der Waals surface area contributed by atoms with Gasteiger partial charge in [-0.05, 0) is 47.7 Å². The number of aryl methyl sites for hydroxylation is 1. The summed E-state index contributed by atoms with van der Waals surface area (Å²) < 4.78 is 16.3. The second-order valence-corrected chi connectivity index (χ2v) is 6.81. The number of rotatable bonds is 8. The molecule has 1 aliphatic heterocycles. The second-order valence-electron chi connectivity index (χ2n) is 6.81. The van der Waals surface area contributed by atoms with Crippen molar-refractivity contribution in [3.05, 3.63) is 53.6 Å². The number of ether oxygens (including phenoxy) is 3. The Morgan fingerprint density at radius 3 is 2.58 bits per heavy atom. The second kappa shape index (κ2) is 8.61. The standard InChI is InChI=1S/C21H25NO4/c1-15(2)13-24-18-7-3-17(4-8-18)12-22-21(23)10-6-16-5-9-19-20(11-16)26-14-25-19/h3-5,7-9,11,15H,6,10,12-14H2,1-2H3,(H,22,23). The van der Waals surface area contributed by atoms with Gasteiger partial charge in [0.15, 0.2) is 11.5 Å². The van der Waals surface area contributed by atoms with Crippen molar-refractivity contribution in [2.75, 3.05) is 13.4 Å². The Kier molecular flexibility index (Phi) is 6.00. The van der Waals surface area contributed by atoms with Gasteiger partial charge in [0.1, 0.15) is 5.75 Å². The fourth-order valence-electron chi connectivity index (χ4n) is 2.61. The first-order valence-corrected chi connectivity index (χ1v) is 8.97. The topological polar surface area (TPSA) is 56.8 Å².